The van der Waals surface area contributed by atoms with Crippen molar-refractivity contribution in [3.63, 3.8) is 0 Å². The van der Waals surface area contributed by atoms with E-state index in [9.17, 15) is 8.42 Å². The van der Waals surface area contributed by atoms with Gasteiger partial charge in [0.25, 0.3) is 0 Å². The average molecular weight is 410 g/mol. The van der Waals surface area contributed by atoms with Crippen LogP contribution in [0.25, 0.3) is 0 Å². The average Bonchev–Trinajstić information content (AvgIpc) is 2.64. The van der Waals surface area contributed by atoms with Gasteiger partial charge in [0.2, 0.25) is 10.0 Å². The van der Waals surface area contributed by atoms with E-state index in [4.69, 9.17) is 28.5 Å². The van der Waals surface area contributed by atoms with Crippen LogP contribution < -0.4 is 0 Å². The summed E-state index contributed by atoms with van der Waals surface area (Å²) in [6.07, 6.45) is 0. The van der Waals surface area contributed by atoms with Gasteiger partial charge in [-0.25, -0.2) is 8.42 Å². The highest BCUT2D eigenvalue weighted by Crippen LogP contribution is 2.28. The highest BCUT2D eigenvalue weighted by molar-refractivity contribution is 7.89. The monoisotopic (exact) mass is 409 g/mol. The Morgan fingerprint density at radius 3 is 2.46 bits per heavy atom. The van der Waals surface area contributed by atoms with Crippen LogP contribution in [0.4, 0.5) is 0 Å². The number of hydrogen-bond acceptors (Lipinski definition) is 4. The number of nitrogens with zero attached hydrogens (tertiary/aromatic N) is 3. The van der Waals surface area contributed by atoms with Crippen molar-refractivity contribution < 1.29 is 8.42 Å². The van der Waals surface area contributed by atoms with Gasteiger partial charge in [0.15, 0.2) is 0 Å². The van der Waals surface area contributed by atoms with E-state index in [1.165, 1.54) is 16.4 Å². The van der Waals surface area contributed by atoms with E-state index in [2.05, 4.69) is 11.0 Å². The molecule has 0 amide bonds. The molecule has 0 unspecified atom stereocenters. The molecule has 1 fully saturated rings. The van der Waals surface area contributed by atoms with Crippen LogP contribution in [0.5, 0.6) is 0 Å². The fourth-order valence-electron chi connectivity index (χ4n) is 2.94. The molecule has 0 radical (unpaired) electrons. The Balaban J connectivity index is 1.68. The Morgan fingerprint density at radius 1 is 1.04 bits per heavy atom. The van der Waals surface area contributed by atoms with Crippen molar-refractivity contribution in [3.8, 4) is 6.07 Å². The summed E-state index contributed by atoms with van der Waals surface area (Å²) >= 11 is 12.0. The van der Waals surface area contributed by atoms with E-state index < -0.39 is 10.0 Å². The first kappa shape index (κ1) is 19.2. The Hall–Kier alpha value is -1.62. The molecule has 0 N–H and O–H groups in total. The minimum atomic E-state index is -3.67. The van der Waals surface area contributed by atoms with Crippen LogP contribution in [0.2, 0.25) is 10.0 Å². The molecule has 3 rings (SSSR count). The number of hydrogen-bond donors (Lipinski definition) is 0. The molecule has 136 valence electrons. The molecule has 8 heteroatoms. The second kappa shape index (κ2) is 7.95. The molecule has 0 aliphatic carbocycles. The first-order chi connectivity index (χ1) is 12.4. The molecule has 0 saturated carbocycles. The van der Waals surface area contributed by atoms with Gasteiger partial charge in [-0.3, -0.25) is 4.90 Å². The normalized spacial score (nSPS) is 16.3. The number of sulfonamides is 1. The van der Waals surface area contributed by atoms with E-state index >= 15 is 0 Å². The largest absolute Gasteiger partial charge is 0.296 e. The van der Waals surface area contributed by atoms with E-state index in [0.717, 1.165) is 5.56 Å². The van der Waals surface area contributed by atoms with Crippen LogP contribution in [-0.4, -0.2) is 43.8 Å². The molecule has 1 aliphatic rings. The van der Waals surface area contributed by atoms with Gasteiger partial charge in [-0.15, -0.1) is 0 Å². The summed E-state index contributed by atoms with van der Waals surface area (Å²) in [5.74, 6) is 0. The fraction of sp³-hybridized carbons (Fsp3) is 0.278. The van der Waals surface area contributed by atoms with Crippen molar-refractivity contribution in [1.29, 1.82) is 5.26 Å². The molecule has 0 atom stereocenters. The first-order valence-corrected chi connectivity index (χ1v) is 10.3. The highest BCUT2D eigenvalue weighted by Gasteiger charge is 2.30. The Morgan fingerprint density at radius 2 is 1.77 bits per heavy atom. The third-order valence-electron chi connectivity index (χ3n) is 4.30. The third-order valence-corrected chi connectivity index (χ3v) is 6.92. The molecule has 0 bridgehead atoms. The molecule has 26 heavy (non-hydrogen) atoms. The smallest absolute Gasteiger partial charge is 0.244 e. The van der Waals surface area contributed by atoms with Crippen LogP contribution in [0.3, 0.4) is 0 Å². The number of nitriles is 1. The van der Waals surface area contributed by atoms with E-state index in [1.54, 1.807) is 12.1 Å². The molecular formula is C18H17Cl2N3O2S. The Labute approximate surface area is 163 Å². The van der Waals surface area contributed by atoms with Crippen molar-refractivity contribution in [3.05, 3.63) is 63.6 Å². The van der Waals surface area contributed by atoms with Gasteiger partial charge in [-0.1, -0.05) is 35.3 Å². The first-order valence-electron chi connectivity index (χ1n) is 8.07. The molecule has 1 aliphatic heterocycles. The summed E-state index contributed by atoms with van der Waals surface area (Å²) in [5, 5.41) is 9.49. The zero-order chi connectivity index (χ0) is 18.7. The zero-order valence-corrected chi connectivity index (χ0v) is 16.2. The topological polar surface area (TPSA) is 64.4 Å². The predicted molar refractivity (Wildman–Crippen MR) is 102 cm³/mol. The molecule has 2 aromatic rings. The van der Waals surface area contributed by atoms with Gasteiger partial charge >= 0.3 is 0 Å². The molecule has 1 saturated heterocycles. The quantitative estimate of drug-likeness (QED) is 0.776. The third kappa shape index (κ3) is 4.20. The minimum absolute atomic E-state index is 0.0434. The summed E-state index contributed by atoms with van der Waals surface area (Å²) < 4.78 is 27.1. The number of benzene rings is 2. The summed E-state index contributed by atoms with van der Waals surface area (Å²) in [7, 11) is -3.67. The maximum atomic E-state index is 12.8. The van der Waals surface area contributed by atoms with Gasteiger partial charge in [-0.05, 0) is 35.9 Å². The second-order valence-corrected chi connectivity index (χ2v) is 8.82. The summed E-state index contributed by atoms with van der Waals surface area (Å²) in [6.45, 7) is 2.65. The van der Waals surface area contributed by atoms with E-state index in [1.807, 2.05) is 18.2 Å². The van der Waals surface area contributed by atoms with Crippen LogP contribution in [0.1, 0.15) is 11.1 Å². The summed E-state index contributed by atoms with van der Waals surface area (Å²) in [6, 6.07) is 14.0. The van der Waals surface area contributed by atoms with Gasteiger partial charge in [-0.2, -0.15) is 9.57 Å². The van der Waals surface area contributed by atoms with Crippen LogP contribution >= 0.6 is 23.2 Å². The second-order valence-electron chi connectivity index (χ2n) is 6.07. The van der Waals surface area contributed by atoms with Gasteiger partial charge in [0, 0.05) is 37.7 Å². The molecular weight excluding hydrogens is 393 g/mol. The lowest BCUT2D eigenvalue weighted by atomic mass is 10.1. The van der Waals surface area contributed by atoms with Crippen molar-refractivity contribution in [2.24, 2.45) is 0 Å². The Kier molecular flexibility index (Phi) is 5.86. The fourth-order valence-corrected chi connectivity index (χ4v) is 5.10. The SMILES string of the molecule is N#Cc1cccc(CN2CCN(S(=O)(=O)c3cc(Cl)ccc3Cl)CC2)c1. The maximum Gasteiger partial charge on any atom is 0.244 e. The lowest BCUT2D eigenvalue weighted by Crippen LogP contribution is -2.48. The zero-order valence-electron chi connectivity index (χ0n) is 13.9. The molecule has 1 heterocycles. The standard InChI is InChI=1S/C18H17Cl2N3O2S/c19-16-4-5-17(20)18(11-16)26(24,25)23-8-6-22(7-9-23)13-15-3-1-2-14(10-15)12-21/h1-5,10-11H,6-9,13H2. The minimum Gasteiger partial charge on any atom is -0.296 e. The van der Waals surface area contributed by atoms with Crippen LogP contribution in [0, 0.1) is 11.3 Å². The number of rotatable bonds is 4. The molecule has 0 aromatic heterocycles. The lowest BCUT2D eigenvalue weighted by Gasteiger charge is -2.34. The molecule has 5 nitrogen and oxygen atoms in total. The lowest BCUT2D eigenvalue weighted by molar-refractivity contribution is 0.181. The van der Waals surface area contributed by atoms with Crippen LogP contribution in [0.15, 0.2) is 47.4 Å². The van der Waals surface area contributed by atoms with Crippen molar-refractivity contribution in [2.45, 2.75) is 11.4 Å². The summed E-state index contributed by atoms with van der Waals surface area (Å²) in [4.78, 5) is 2.21. The van der Waals surface area contributed by atoms with E-state index in [-0.39, 0.29) is 9.92 Å². The van der Waals surface area contributed by atoms with Crippen molar-refractivity contribution in [2.75, 3.05) is 26.2 Å². The van der Waals surface area contributed by atoms with Gasteiger partial charge in [0.1, 0.15) is 4.90 Å². The number of piperazine rings is 1. The predicted octanol–water partition coefficient (Wildman–Crippen LogP) is 3.37. The highest BCUT2D eigenvalue weighted by atomic mass is 35.5. The summed E-state index contributed by atoms with van der Waals surface area (Å²) in [5.41, 5.74) is 1.66. The number of halogens is 2. The van der Waals surface area contributed by atoms with Gasteiger partial charge in [0.05, 0.1) is 16.7 Å². The van der Waals surface area contributed by atoms with Crippen molar-refractivity contribution in [1.82, 2.24) is 9.21 Å². The molecule has 0 spiro atoms. The maximum absolute atomic E-state index is 12.8. The van der Waals surface area contributed by atoms with Gasteiger partial charge < -0.3 is 0 Å². The van der Waals surface area contributed by atoms with E-state index in [0.29, 0.717) is 43.3 Å². The van der Waals surface area contributed by atoms with Crippen molar-refractivity contribution >= 4 is 33.2 Å². The Bertz CT molecular complexity index is 949. The molecule has 2 aromatic carbocycles. The van der Waals surface area contributed by atoms with Crippen LogP contribution in [-0.2, 0) is 16.6 Å².